The van der Waals surface area contributed by atoms with Crippen LogP contribution in [0.15, 0.2) is 30.3 Å². The van der Waals surface area contributed by atoms with Crippen LogP contribution in [0.2, 0.25) is 0 Å². The van der Waals surface area contributed by atoms with Crippen molar-refractivity contribution < 1.29 is 19.4 Å². The number of aliphatic carboxylic acids is 1. The maximum Gasteiger partial charge on any atom is 0.307 e. The Balaban J connectivity index is 1.95. The molecule has 108 valence electrons. The van der Waals surface area contributed by atoms with Crippen molar-refractivity contribution in [2.45, 2.75) is 12.8 Å². The Morgan fingerprint density at radius 2 is 1.85 bits per heavy atom. The zero-order valence-corrected chi connectivity index (χ0v) is 11.3. The lowest BCUT2D eigenvalue weighted by molar-refractivity contribution is -0.147. The molecule has 1 aromatic rings. The van der Waals surface area contributed by atoms with E-state index in [9.17, 15) is 14.7 Å². The fourth-order valence-corrected chi connectivity index (χ4v) is 2.30. The third-order valence-corrected chi connectivity index (χ3v) is 3.46. The highest BCUT2D eigenvalue weighted by molar-refractivity contribution is 5.82. The quantitative estimate of drug-likeness (QED) is 0.877. The molecule has 0 saturated carbocycles. The van der Waals surface area contributed by atoms with Crippen molar-refractivity contribution in [1.82, 2.24) is 4.90 Å². The Labute approximate surface area is 118 Å². The summed E-state index contributed by atoms with van der Waals surface area (Å²) in [5.41, 5.74) is 0.940. The van der Waals surface area contributed by atoms with E-state index in [1.54, 1.807) is 4.90 Å². The standard InChI is InChI=1S/C15H19NO4/c17-14(16-6-8-20-9-7-16)11-13(15(18)19)10-12-4-2-1-3-5-12/h1-5,13H,6-11H2,(H,18,19). The van der Waals surface area contributed by atoms with E-state index in [1.165, 1.54) is 0 Å². The molecule has 0 bridgehead atoms. The summed E-state index contributed by atoms with van der Waals surface area (Å²) in [7, 11) is 0. The summed E-state index contributed by atoms with van der Waals surface area (Å²) in [6.45, 7) is 2.16. The van der Waals surface area contributed by atoms with Crippen molar-refractivity contribution in [3.8, 4) is 0 Å². The summed E-state index contributed by atoms with van der Waals surface area (Å²) in [4.78, 5) is 25.1. The molecule has 5 heteroatoms. The molecule has 1 saturated heterocycles. The molecule has 20 heavy (non-hydrogen) atoms. The molecule has 2 rings (SSSR count). The lowest BCUT2D eigenvalue weighted by Crippen LogP contribution is -2.42. The van der Waals surface area contributed by atoms with Crippen LogP contribution in [0.4, 0.5) is 0 Å². The maximum atomic E-state index is 12.1. The van der Waals surface area contributed by atoms with E-state index in [1.807, 2.05) is 30.3 Å². The zero-order chi connectivity index (χ0) is 14.4. The van der Waals surface area contributed by atoms with Crippen molar-refractivity contribution in [3.05, 3.63) is 35.9 Å². The Hall–Kier alpha value is -1.88. The molecule has 1 N–H and O–H groups in total. The third kappa shape index (κ3) is 4.06. The molecule has 0 aliphatic carbocycles. The second-order valence-corrected chi connectivity index (χ2v) is 4.92. The predicted octanol–water partition coefficient (Wildman–Crippen LogP) is 1.18. The van der Waals surface area contributed by atoms with Gasteiger partial charge in [-0.15, -0.1) is 0 Å². The van der Waals surface area contributed by atoms with Crippen LogP contribution in [-0.2, 0) is 20.7 Å². The van der Waals surface area contributed by atoms with Gasteiger partial charge in [-0.25, -0.2) is 0 Å². The van der Waals surface area contributed by atoms with Gasteiger partial charge in [-0.1, -0.05) is 30.3 Å². The predicted molar refractivity (Wildman–Crippen MR) is 73.3 cm³/mol. The topological polar surface area (TPSA) is 66.8 Å². The molecule has 1 aliphatic heterocycles. The van der Waals surface area contributed by atoms with Crippen LogP contribution >= 0.6 is 0 Å². The van der Waals surface area contributed by atoms with Crippen LogP contribution in [0.3, 0.4) is 0 Å². The summed E-state index contributed by atoms with van der Waals surface area (Å²) in [5.74, 6) is -1.69. The number of morpholine rings is 1. The van der Waals surface area contributed by atoms with Gasteiger partial charge in [0.1, 0.15) is 0 Å². The third-order valence-electron chi connectivity index (χ3n) is 3.46. The molecular formula is C15H19NO4. The highest BCUT2D eigenvalue weighted by atomic mass is 16.5. The minimum Gasteiger partial charge on any atom is -0.481 e. The largest absolute Gasteiger partial charge is 0.481 e. The SMILES string of the molecule is O=C(O)C(CC(=O)N1CCOCC1)Cc1ccccc1. The molecule has 0 radical (unpaired) electrons. The summed E-state index contributed by atoms with van der Waals surface area (Å²) >= 11 is 0. The number of nitrogens with zero attached hydrogens (tertiary/aromatic N) is 1. The van der Waals surface area contributed by atoms with Gasteiger partial charge in [0.25, 0.3) is 0 Å². The molecule has 0 spiro atoms. The van der Waals surface area contributed by atoms with Gasteiger partial charge in [-0.2, -0.15) is 0 Å². The number of ether oxygens (including phenoxy) is 1. The smallest absolute Gasteiger partial charge is 0.307 e. The van der Waals surface area contributed by atoms with E-state index in [-0.39, 0.29) is 12.3 Å². The van der Waals surface area contributed by atoms with Crippen molar-refractivity contribution in [1.29, 1.82) is 0 Å². The van der Waals surface area contributed by atoms with E-state index < -0.39 is 11.9 Å². The van der Waals surface area contributed by atoms with Gasteiger partial charge < -0.3 is 14.7 Å². The fourth-order valence-electron chi connectivity index (χ4n) is 2.30. The summed E-state index contributed by atoms with van der Waals surface area (Å²) in [6.07, 6.45) is 0.427. The zero-order valence-electron chi connectivity index (χ0n) is 11.3. The number of benzene rings is 1. The van der Waals surface area contributed by atoms with Gasteiger partial charge >= 0.3 is 5.97 Å². The monoisotopic (exact) mass is 277 g/mol. The minimum absolute atomic E-state index is 0.0459. The Bertz CT molecular complexity index is 454. The molecule has 1 unspecified atom stereocenters. The van der Waals surface area contributed by atoms with Crippen LogP contribution in [0.25, 0.3) is 0 Å². The van der Waals surface area contributed by atoms with Crippen LogP contribution in [0.1, 0.15) is 12.0 Å². The number of rotatable bonds is 5. The van der Waals surface area contributed by atoms with E-state index in [0.717, 1.165) is 5.56 Å². The highest BCUT2D eigenvalue weighted by Gasteiger charge is 2.25. The van der Waals surface area contributed by atoms with Gasteiger partial charge in [0, 0.05) is 19.5 Å². The van der Waals surface area contributed by atoms with Gasteiger partial charge in [-0.05, 0) is 12.0 Å². The average Bonchev–Trinajstić information content (AvgIpc) is 2.48. The van der Waals surface area contributed by atoms with E-state index in [2.05, 4.69) is 0 Å². The summed E-state index contributed by atoms with van der Waals surface area (Å²) in [6, 6.07) is 9.40. The van der Waals surface area contributed by atoms with Crippen molar-refractivity contribution in [3.63, 3.8) is 0 Å². The molecule has 1 amide bonds. The molecule has 1 aliphatic rings. The first-order chi connectivity index (χ1) is 9.66. The van der Waals surface area contributed by atoms with Crippen molar-refractivity contribution in [2.24, 2.45) is 5.92 Å². The van der Waals surface area contributed by atoms with Gasteiger partial charge in [0.05, 0.1) is 19.1 Å². The van der Waals surface area contributed by atoms with E-state index in [4.69, 9.17) is 4.74 Å². The normalized spacial score (nSPS) is 16.7. The summed E-state index contributed by atoms with van der Waals surface area (Å²) < 4.78 is 5.19. The average molecular weight is 277 g/mol. The maximum absolute atomic E-state index is 12.1. The first kappa shape index (κ1) is 14.5. The number of carbonyl (C=O) groups excluding carboxylic acids is 1. The van der Waals surface area contributed by atoms with Crippen molar-refractivity contribution >= 4 is 11.9 Å². The molecule has 1 atom stereocenters. The van der Waals surface area contributed by atoms with Crippen LogP contribution in [0.5, 0.6) is 0 Å². The van der Waals surface area contributed by atoms with Gasteiger partial charge in [0.15, 0.2) is 0 Å². The molecular weight excluding hydrogens is 258 g/mol. The second kappa shape index (κ2) is 7.05. The molecule has 1 heterocycles. The van der Waals surface area contributed by atoms with Gasteiger partial charge in [-0.3, -0.25) is 9.59 Å². The van der Waals surface area contributed by atoms with Crippen LogP contribution in [0, 0.1) is 5.92 Å². The number of carbonyl (C=O) groups is 2. The van der Waals surface area contributed by atoms with E-state index >= 15 is 0 Å². The number of carboxylic acids is 1. The second-order valence-electron chi connectivity index (χ2n) is 4.92. The molecule has 0 aromatic heterocycles. The molecule has 5 nitrogen and oxygen atoms in total. The number of hydrogen-bond acceptors (Lipinski definition) is 3. The lowest BCUT2D eigenvalue weighted by atomic mass is 9.95. The highest BCUT2D eigenvalue weighted by Crippen LogP contribution is 2.15. The summed E-state index contributed by atoms with van der Waals surface area (Å²) in [5, 5.41) is 9.29. The first-order valence-electron chi connectivity index (χ1n) is 6.79. The lowest BCUT2D eigenvalue weighted by Gasteiger charge is -2.27. The number of carboxylic acid groups (broad SMARTS) is 1. The van der Waals surface area contributed by atoms with Crippen LogP contribution < -0.4 is 0 Å². The Morgan fingerprint density at radius 1 is 1.20 bits per heavy atom. The Morgan fingerprint density at radius 3 is 2.45 bits per heavy atom. The van der Waals surface area contributed by atoms with E-state index in [0.29, 0.717) is 32.7 Å². The molecule has 1 fully saturated rings. The van der Waals surface area contributed by atoms with Crippen molar-refractivity contribution in [2.75, 3.05) is 26.3 Å². The van der Waals surface area contributed by atoms with Gasteiger partial charge in [0.2, 0.25) is 5.91 Å². The van der Waals surface area contributed by atoms with Crippen LogP contribution in [-0.4, -0.2) is 48.2 Å². The number of hydrogen-bond donors (Lipinski definition) is 1. The fraction of sp³-hybridized carbons (Fsp3) is 0.467. The molecule has 1 aromatic carbocycles. The number of amides is 1. The first-order valence-corrected chi connectivity index (χ1v) is 6.79. The Kier molecular flexibility index (Phi) is 5.12. The minimum atomic E-state index is -0.921.